The standard InChI is InChI=1S/C7H8.C2H7N3/c1-7-5-3-2-4-6-7;1-2-4-5-3-1/h2-6H,1H3;3-5H,1-2H2. The monoisotopic (exact) mass is 165 g/mol. The Morgan fingerprint density at radius 3 is 1.83 bits per heavy atom. The molecule has 0 unspecified atom stereocenters. The molecule has 3 N–H and O–H groups in total. The van der Waals surface area contributed by atoms with E-state index in [-0.39, 0.29) is 0 Å². The zero-order chi connectivity index (χ0) is 8.65. The fourth-order valence-corrected chi connectivity index (χ4v) is 0.847. The van der Waals surface area contributed by atoms with Crippen molar-refractivity contribution >= 4 is 0 Å². The molecule has 1 aromatic carbocycles. The minimum absolute atomic E-state index is 1.03. The van der Waals surface area contributed by atoms with Crippen molar-refractivity contribution in [3.8, 4) is 0 Å². The first-order valence-electron chi connectivity index (χ1n) is 4.12. The zero-order valence-corrected chi connectivity index (χ0v) is 7.30. The van der Waals surface area contributed by atoms with Crippen LogP contribution in [0.2, 0.25) is 0 Å². The van der Waals surface area contributed by atoms with Crippen LogP contribution in [0.15, 0.2) is 30.3 Å². The SMILES string of the molecule is C1CNNN1.Cc1ccccc1. The number of rotatable bonds is 0. The van der Waals surface area contributed by atoms with Crippen LogP contribution in [0.5, 0.6) is 0 Å². The van der Waals surface area contributed by atoms with Crippen molar-refractivity contribution < 1.29 is 0 Å². The summed E-state index contributed by atoms with van der Waals surface area (Å²) in [6.07, 6.45) is 0. The number of benzene rings is 1. The van der Waals surface area contributed by atoms with E-state index in [0.717, 1.165) is 13.1 Å². The van der Waals surface area contributed by atoms with Gasteiger partial charge in [0.15, 0.2) is 0 Å². The Kier molecular flexibility index (Phi) is 4.37. The van der Waals surface area contributed by atoms with E-state index in [4.69, 9.17) is 0 Å². The maximum atomic E-state index is 2.86. The molecule has 0 aromatic heterocycles. The minimum atomic E-state index is 1.03. The Balaban J connectivity index is 0.000000127. The largest absolute Gasteiger partial charge is 0.243 e. The van der Waals surface area contributed by atoms with Crippen molar-refractivity contribution in [2.24, 2.45) is 0 Å². The van der Waals surface area contributed by atoms with E-state index >= 15 is 0 Å². The molecule has 1 heterocycles. The molecular formula is C9H15N3. The molecule has 0 atom stereocenters. The summed E-state index contributed by atoms with van der Waals surface area (Å²) in [5.41, 5.74) is 9.77. The molecule has 12 heavy (non-hydrogen) atoms. The fraction of sp³-hybridized carbons (Fsp3) is 0.333. The van der Waals surface area contributed by atoms with Gasteiger partial charge in [0.25, 0.3) is 0 Å². The average molecular weight is 165 g/mol. The second-order valence-corrected chi connectivity index (χ2v) is 2.63. The number of hydrazine groups is 2. The third-order valence-electron chi connectivity index (χ3n) is 1.49. The Morgan fingerprint density at radius 2 is 1.58 bits per heavy atom. The Morgan fingerprint density at radius 1 is 1.00 bits per heavy atom. The molecule has 1 fully saturated rings. The molecule has 1 saturated heterocycles. The minimum Gasteiger partial charge on any atom is -0.243 e. The summed E-state index contributed by atoms with van der Waals surface area (Å²) in [5, 5.41) is 0. The van der Waals surface area contributed by atoms with Crippen LogP contribution >= 0.6 is 0 Å². The lowest BCUT2D eigenvalue weighted by Crippen LogP contribution is -2.29. The van der Waals surface area contributed by atoms with E-state index in [2.05, 4.69) is 35.4 Å². The summed E-state index contributed by atoms with van der Waals surface area (Å²) in [7, 11) is 0. The van der Waals surface area contributed by atoms with Crippen molar-refractivity contribution in [1.82, 2.24) is 16.4 Å². The van der Waals surface area contributed by atoms with Gasteiger partial charge in [0.05, 0.1) is 0 Å². The van der Waals surface area contributed by atoms with E-state index < -0.39 is 0 Å². The van der Waals surface area contributed by atoms with Crippen LogP contribution in [0.3, 0.4) is 0 Å². The average Bonchev–Trinajstić information content (AvgIpc) is 2.62. The van der Waals surface area contributed by atoms with Crippen molar-refractivity contribution in [2.45, 2.75) is 6.92 Å². The first-order chi connectivity index (χ1) is 5.89. The Hall–Kier alpha value is -0.900. The lowest BCUT2D eigenvalue weighted by molar-refractivity contribution is 0.592. The van der Waals surface area contributed by atoms with Crippen LogP contribution in [-0.4, -0.2) is 13.1 Å². The smallest absolute Gasteiger partial charge is 0.0253 e. The lowest BCUT2D eigenvalue weighted by atomic mass is 10.2. The van der Waals surface area contributed by atoms with E-state index in [0.29, 0.717) is 0 Å². The number of aryl methyl sites for hydroxylation is 1. The quantitative estimate of drug-likeness (QED) is 0.526. The number of hydrogen-bond donors (Lipinski definition) is 3. The summed E-state index contributed by atoms with van der Waals surface area (Å²) in [4.78, 5) is 0. The number of nitrogens with one attached hydrogen (secondary N) is 3. The predicted molar refractivity (Wildman–Crippen MR) is 50.3 cm³/mol. The van der Waals surface area contributed by atoms with Gasteiger partial charge in [0, 0.05) is 13.1 Å². The molecule has 0 bridgehead atoms. The second kappa shape index (κ2) is 5.71. The highest BCUT2D eigenvalue weighted by Gasteiger charge is 1.89. The van der Waals surface area contributed by atoms with Gasteiger partial charge in [-0.1, -0.05) is 35.9 Å². The van der Waals surface area contributed by atoms with Crippen molar-refractivity contribution in [3.05, 3.63) is 35.9 Å². The van der Waals surface area contributed by atoms with Gasteiger partial charge in [-0.05, 0) is 6.92 Å². The van der Waals surface area contributed by atoms with Gasteiger partial charge >= 0.3 is 0 Å². The van der Waals surface area contributed by atoms with Crippen LogP contribution < -0.4 is 16.4 Å². The molecule has 0 amide bonds. The van der Waals surface area contributed by atoms with Crippen molar-refractivity contribution in [3.63, 3.8) is 0 Å². The second-order valence-electron chi connectivity index (χ2n) is 2.63. The highest BCUT2D eigenvalue weighted by atomic mass is 15.6. The van der Waals surface area contributed by atoms with Gasteiger partial charge in [-0.2, -0.15) is 5.53 Å². The third kappa shape index (κ3) is 4.08. The summed E-state index contributed by atoms with van der Waals surface area (Å²) in [6.45, 7) is 4.14. The highest BCUT2D eigenvalue weighted by molar-refractivity contribution is 5.11. The molecule has 0 aliphatic carbocycles. The third-order valence-corrected chi connectivity index (χ3v) is 1.49. The topological polar surface area (TPSA) is 36.1 Å². The summed E-state index contributed by atoms with van der Waals surface area (Å²) >= 11 is 0. The molecule has 3 nitrogen and oxygen atoms in total. The van der Waals surface area contributed by atoms with Crippen molar-refractivity contribution in [1.29, 1.82) is 0 Å². The first-order valence-corrected chi connectivity index (χ1v) is 4.12. The molecule has 0 radical (unpaired) electrons. The molecule has 0 spiro atoms. The normalized spacial score (nSPS) is 15.1. The lowest BCUT2D eigenvalue weighted by Gasteiger charge is -1.82. The van der Waals surface area contributed by atoms with Crippen LogP contribution in [0.4, 0.5) is 0 Å². The van der Waals surface area contributed by atoms with Gasteiger partial charge in [-0.15, -0.1) is 0 Å². The van der Waals surface area contributed by atoms with Gasteiger partial charge in [-0.3, -0.25) is 0 Å². The van der Waals surface area contributed by atoms with E-state index in [1.807, 2.05) is 18.2 Å². The molecule has 1 aliphatic heterocycles. The van der Waals surface area contributed by atoms with Crippen LogP contribution in [0.1, 0.15) is 5.56 Å². The molecule has 3 heteroatoms. The number of hydrogen-bond acceptors (Lipinski definition) is 3. The fourth-order valence-electron chi connectivity index (χ4n) is 0.847. The van der Waals surface area contributed by atoms with Gasteiger partial charge in [0.2, 0.25) is 0 Å². The van der Waals surface area contributed by atoms with Crippen LogP contribution in [0, 0.1) is 6.92 Å². The van der Waals surface area contributed by atoms with E-state index in [1.165, 1.54) is 5.56 Å². The maximum Gasteiger partial charge on any atom is 0.0253 e. The summed E-state index contributed by atoms with van der Waals surface area (Å²) < 4.78 is 0. The van der Waals surface area contributed by atoms with E-state index in [1.54, 1.807) is 0 Å². The first kappa shape index (κ1) is 9.19. The summed E-state index contributed by atoms with van der Waals surface area (Å²) in [5.74, 6) is 0. The van der Waals surface area contributed by atoms with Gasteiger partial charge in [0.1, 0.15) is 0 Å². The molecular weight excluding hydrogens is 150 g/mol. The van der Waals surface area contributed by atoms with Crippen LogP contribution in [-0.2, 0) is 0 Å². The highest BCUT2D eigenvalue weighted by Crippen LogP contribution is 1.92. The molecule has 1 aromatic rings. The van der Waals surface area contributed by atoms with Crippen LogP contribution in [0.25, 0.3) is 0 Å². The molecule has 66 valence electrons. The van der Waals surface area contributed by atoms with E-state index in [9.17, 15) is 0 Å². The molecule has 0 saturated carbocycles. The van der Waals surface area contributed by atoms with Gasteiger partial charge < -0.3 is 0 Å². The zero-order valence-electron chi connectivity index (χ0n) is 7.30. The molecule has 1 aliphatic rings. The predicted octanol–water partition coefficient (Wildman–Crippen LogP) is 0.594. The maximum absolute atomic E-state index is 2.86. The molecule has 2 rings (SSSR count). The summed E-state index contributed by atoms with van der Waals surface area (Å²) in [6, 6.07) is 10.3. The Labute approximate surface area is 73.1 Å². The van der Waals surface area contributed by atoms with Crippen molar-refractivity contribution in [2.75, 3.05) is 13.1 Å². The Bertz CT molecular complexity index is 187. The van der Waals surface area contributed by atoms with Gasteiger partial charge in [-0.25, -0.2) is 10.9 Å².